The van der Waals surface area contributed by atoms with E-state index in [1.165, 1.54) is 6.07 Å². The maximum absolute atomic E-state index is 9.82. The number of rotatable bonds is 1. The number of hydrogen-bond donors (Lipinski definition) is 2. The van der Waals surface area contributed by atoms with Crippen molar-refractivity contribution in [3.63, 3.8) is 0 Å². The van der Waals surface area contributed by atoms with Gasteiger partial charge in [-0.1, -0.05) is 0 Å². The molecule has 0 amide bonds. The van der Waals surface area contributed by atoms with Gasteiger partial charge in [-0.15, -0.1) is 0 Å². The van der Waals surface area contributed by atoms with Crippen LogP contribution in [0.2, 0.25) is 0 Å². The third kappa shape index (κ3) is 1.50. The van der Waals surface area contributed by atoms with Crippen molar-refractivity contribution in [2.75, 3.05) is 0 Å². The number of phenols is 2. The summed E-state index contributed by atoms with van der Waals surface area (Å²) >= 11 is 0. The van der Waals surface area contributed by atoms with E-state index in [1.54, 1.807) is 6.07 Å². The van der Waals surface area contributed by atoms with E-state index in [2.05, 4.69) is 0 Å². The molecule has 15 heavy (non-hydrogen) atoms. The van der Waals surface area contributed by atoms with Gasteiger partial charge in [-0.3, -0.25) is 0 Å². The van der Waals surface area contributed by atoms with Crippen LogP contribution in [0.4, 0.5) is 0 Å². The summed E-state index contributed by atoms with van der Waals surface area (Å²) in [6, 6.07) is 7.37. The van der Waals surface area contributed by atoms with Gasteiger partial charge in [0.1, 0.15) is 0 Å². The van der Waals surface area contributed by atoms with E-state index in [-0.39, 0.29) is 17.5 Å². The zero-order valence-electron chi connectivity index (χ0n) is 8.81. The molecule has 2 N–H and O–H groups in total. The van der Waals surface area contributed by atoms with Gasteiger partial charge in [0.2, 0.25) is 5.75 Å². The molecule has 3 nitrogen and oxygen atoms in total. The molecule has 0 saturated heterocycles. The first-order valence-electron chi connectivity index (χ1n) is 4.96. The Morgan fingerprint density at radius 2 is 1.87 bits per heavy atom. The zero-order valence-corrected chi connectivity index (χ0v) is 8.81. The van der Waals surface area contributed by atoms with E-state index in [4.69, 9.17) is 0 Å². The minimum Gasteiger partial charge on any atom is -0.504 e. The molecule has 0 radical (unpaired) electrons. The maximum atomic E-state index is 9.82. The topological polar surface area (TPSA) is 44.3 Å². The number of phenolic OH excluding ortho intramolecular Hbond substituents is 2. The maximum Gasteiger partial charge on any atom is 0.258 e. The third-order valence-electron chi connectivity index (χ3n) is 2.50. The number of pyridine rings is 1. The largest absolute Gasteiger partial charge is 0.504 e. The molecule has 78 valence electrons. The molecule has 1 aromatic heterocycles. The Labute approximate surface area is 88.2 Å². The van der Waals surface area contributed by atoms with Crippen molar-refractivity contribution in [1.82, 2.24) is 0 Å². The first-order valence-corrected chi connectivity index (χ1v) is 4.96. The quantitative estimate of drug-likeness (QED) is 0.552. The third-order valence-corrected chi connectivity index (χ3v) is 2.50. The Bertz CT molecular complexity index is 506. The fourth-order valence-electron chi connectivity index (χ4n) is 1.73. The summed E-state index contributed by atoms with van der Waals surface area (Å²) in [4.78, 5) is 0. The molecule has 0 saturated carbocycles. The number of aromatic nitrogens is 1. The van der Waals surface area contributed by atoms with Crippen molar-refractivity contribution < 1.29 is 14.8 Å². The molecule has 2 rings (SSSR count). The van der Waals surface area contributed by atoms with Crippen LogP contribution in [0.15, 0.2) is 30.5 Å². The van der Waals surface area contributed by atoms with Crippen LogP contribution in [0.5, 0.6) is 11.5 Å². The number of hydrogen-bond acceptors (Lipinski definition) is 2. The van der Waals surface area contributed by atoms with Crippen LogP contribution < -0.4 is 4.57 Å². The van der Waals surface area contributed by atoms with Gasteiger partial charge in [-0.05, 0) is 32.0 Å². The van der Waals surface area contributed by atoms with Crippen LogP contribution >= 0.6 is 0 Å². The van der Waals surface area contributed by atoms with Crippen molar-refractivity contribution in [3.8, 4) is 11.5 Å². The summed E-state index contributed by atoms with van der Waals surface area (Å²) in [5, 5.41) is 20.2. The van der Waals surface area contributed by atoms with Crippen LogP contribution in [-0.2, 0) is 0 Å². The second-order valence-electron chi connectivity index (χ2n) is 3.88. The van der Waals surface area contributed by atoms with E-state index in [9.17, 15) is 10.2 Å². The van der Waals surface area contributed by atoms with Crippen LogP contribution in [0.25, 0.3) is 10.9 Å². The molecule has 0 aliphatic carbocycles. The Balaban J connectivity index is 2.88. The second-order valence-corrected chi connectivity index (χ2v) is 3.88. The van der Waals surface area contributed by atoms with Crippen molar-refractivity contribution >= 4 is 10.9 Å². The van der Waals surface area contributed by atoms with Crippen LogP contribution in [-0.4, -0.2) is 10.2 Å². The van der Waals surface area contributed by atoms with E-state index in [0.29, 0.717) is 5.52 Å². The lowest BCUT2D eigenvalue weighted by Crippen LogP contribution is -2.36. The number of aromatic hydroxyl groups is 2. The number of fused-ring (bicyclic) bond motifs is 1. The molecular formula is C12H14NO2+. The molecule has 3 heteroatoms. The molecule has 0 spiro atoms. The second kappa shape index (κ2) is 3.42. The smallest absolute Gasteiger partial charge is 0.258 e. The molecule has 0 atom stereocenters. The van der Waals surface area contributed by atoms with E-state index in [1.807, 2.05) is 36.7 Å². The lowest BCUT2D eigenvalue weighted by atomic mass is 10.1. The van der Waals surface area contributed by atoms with Crippen LogP contribution in [0.1, 0.15) is 19.9 Å². The Morgan fingerprint density at radius 3 is 2.53 bits per heavy atom. The highest BCUT2D eigenvalue weighted by atomic mass is 16.3. The van der Waals surface area contributed by atoms with Gasteiger partial charge in [0, 0.05) is 6.07 Å². The summed E-state index contributed by atoms with van der Waals surface area (Å²) in [6.45, 7) is 4.06. The minimum absolute atomic E-state index is 0.0539. The molecule has 1 aromatic carbocycles. The van der Waals surface area contributed by atoms with Crippen molar-refractivity contribution in [1.29, 1.82) is 0 Å². The van der Waals surface area contributed by atoms with Crippen LogP contribution in [0.3, 0.4) is 0 Å². The predicted octanol–water partition coefficient (Wildman–Crippen LogP) is 2.12. The molecule has 1 heterocycles. The van der Waals surface area contributed by atoms with Gasteiger partial charge in [0.05, 0.1) is 5.39 Å². The van der Waals surface area contributed by atoms with Gasteiger partial charge in [-0.25, -0.2) is 0 Å². The Kier molecular flexibility index (Phi) is 2.23. The first kappa shape index (κ1) is 9.77. The summed E-state index contributed by atoms with van der Waals surface area (Å²) in [6.07, 6.45) is 1.90. The first-order chi connectivity index (χ1) is 7.11. The fraction of sp³-hybridized carbons (Fsp3) is 0.250. The lowest BCUT2D eigenvalue weighted by molar-refractivity contribution is -0.691. The standard InChI is InChI=1S/C12H13NO2/c1-8(2)13-7-3-4-9-5-6-10(14)12(15)11(9)13/h3-8,15H,1-2H3/p+1. The highest BCUT2D eigenvalue weighted by Gasteiger charge is 2.18. The fourth-order valence-corrected chi connectivity index (χ4v) is 1.73. The Hall–Kier alpha value is -1.77. The number of benzene rings is 1. The molecule has 0 aliphatic rings. The van der Waals surface area contributed by atoms with Gasteiger partial charge in [0.25, 0.3) is 5.52 Å². The molecule has 0 fully saturated rings. The van der Waals surface area contributed by atoms with Gasteiger partial charge < -0.3 is 10.2 Å². The van der Waals surface area contributed by atoms with E-state index < -0.39 is 0 Å². The molecular weight excluding hydrogens is 190 g/mol. The van der Waals surface area contributed by atoms with E-state index >= 15 is 0 Å². The van der Waals surface area contributed by atoms with Crippen LogP contribution in [0, 0.1) is 0 Å². The molecule has 0 aliphatic heterocycles. The zero-order chi connectivity index (χ0) is 11.0. The van der Waals surface area contributed by atoms with Crippen molar-refractivity contribution in [2.24, 2.45) is 0 Å². The summed E-state index contributed by atoms with van der Waals surface area (Å²) in [5.74, 6) is -0.134. The van der Waals surface area contributed by atoms with Gasteiger partial charge >= 0.3 is 0 Å². The molecule has 2 aromatic rings. The molecule has 0 bridgehead atoms. The normalized spacial score (nSPS) is 11.1. The summed E-state index contributed by atoms with van der Waals surface area (Å²) < 4.78 is 1.93. The molecule has 0 unspecified atom stereocenters. The predicted molar refractivity (Wildman–Crippen MR) is 57.9 cm³/mol. The summed E-state index contributed by atoms with van der Waals surface area (Å²) in [5.41, 5.74) is 0.674. The summed E-state index contributed by atoms with van der Waals surface area (Å²) in [7, 11) is 0. The minimum atomic E-state index is -0.0805. The highest BCUT2D eigenvalue weighted by molar-refractivity contribution is 5.83. The average Bonchev–Trinajstić information content (AvgIpc) is 2.23. The highest BCUT2D eigenvalue weighted by Crippen LogP contribution is 2.31. The van der Waals surface area contributed by atoms with Crippen molar-refractivity contribution in [3.05, 3.63) is 30.5 Å². The lowest BCUT2D eigenvalue weighted by Gasteiger charge is -2.06. The SMILES string of the molecule is CC(C)[n+]1cccc2ccc(O)c(O)c21. The van der Waals surface area contributed by atoms with E-state index in [0.717, 1.165) is 5.39 Å². The van der Waals surface area contributed by atoms with Gasteiger partial charge in [-0.2, -0.15) is 4.57 Å². The number of nitrogens with zero attached hydrogens (tertiary/aromatic N) is 1. The van der Waals surface area contributed by atoms with Crippen molar-refractivity contribution in [2.45, 2.75) is 19.9 Å². The average molecular weight is 204 g/mol. The van der Waals surface area contributed by atoms with Gasteiger partial charge in [0.15, 0.2) is 18.0 Å². The monoisotopic (exact) mass is 204 g/mol. The Morgan fingerprint density at radius 1 is 1.13 bits per heavy atom.